The molecule has 0 heterocycles. The smallest absolute Gasteiger partial charge is 0.0171 e. The summed E-state index contributed by atoms with van der Waals surface area (Å²) in [6.45, 7) is 4.36. The van der Waals surface area contributed by atoms with Crippen molar-refractivity contribution < 1.29 is 0 Å². The first kappa shape index (κ1) is 31.1. The van der Waals surface area contributed by atoms with E-state index in [1.807, 2.05) is 0 Å². The van der Waals surface area contributed by atoms with Gasteiger partial charge in [-0.3, -0.25) is 0 Å². The van der Waals surface area contributed by atoms with Gasteiger partial charge in [0.15, 0.2) is 0 Å². The van der Waals surface area contributed by atoms with Crippen LogP contribution in [-0.2, 0) is 0 Å². The van der Waals surface area contributed by atoms with Gasteiger partial charge in [-0.2, -0.15) is 0 Å². The lowest BCUT2D eigenvalue weighted by molar-refractivity contribution is 1.38. The largest absolute Gasteiger partial charge is 0.0622 e. The fourth-order valence-electron chi connectivity index (χ4n) is 7.04. The van der Waals surface area contributed by atoms with Crippen molar-refractivity contribution in [3.05, 3.63) is 205 Å². The van der Waals surface area contributed by atoms with E-state index in [0.717, 1.165) is 0 Å². The van der Waals surface area contributed by atoms with Crippen LogP contribution in [0.2, 0.25) is 0 Å². The second kappa shape index (κ2) is 13.7. The molecule has 0 aliphatic carbocycles. The molecule has 0 saturated carbocycles. The molecule has 0 aliphatic heterocycles. The number of hydrogen-bond acceptors (Lipinski definition) is 0. The second-order valence-electron chi connectivity index (χ2n) is 13.2. The Labute approximate surface area is 296 Å². The standard InChI is InChI=1S/C50H38/c1-35-25-36(2)27-47(26-35)50-33-48(45-23-11-21-43(30-45)41-19-9-17-39(28-41)37-13-5-3-6-14-37)32-49(34-50)46-24-12-22-44(31-46)42-20-10-18-40(29-42)38-15-7-4-8-16-38/h3-34H,1-2H3. The minimum absolute atomic E-state index is 1.20. The summed E-state index contributed by atoms with van der Waals surface area (Å²) in [6.07, 6.45) is 0. The molecule has 0 aliphatic rings. The van der Waals surface area contributed by atoms with E-state index in [0.29, 0.717) is 0 Å². The third kappa shape index (κ3) is 6.70. The van der Waals surface area contributed by atoms with Crippen LogP contribution in [0.1, 0.15) is 11.1 Å². The highest BCUT2D eigenvalue weighted by Crippen LogP contribution is 2.37. The number of benzene rings is 8. The van der Waals surface area contributed by atoms with Crippen molar-refractivity contribution in [1.29, 1.82) is 0 Å². The van der Waals surface area contributed by atoms with Crippen molar-refractivity contribution in [1.82, 2.24) is 0 Å². The Morgan fingerprint density at radius 3 is 0.740 bits per heavy atom. The first-order chi connectivity index (χ1) is 24.6. The van der Waals surface area contributed by atoms with E-state index in [4.69, 9.17) is 0 Å². The molecular formula is C50H38. The molecule has 0 bridgehead atoms. The fraction of sp³-hybridized carbons (Fsp3) is 0.0400. The predicted molar refractivity (Wildman–Crippen MR) is 214 cm³/mol. The molecule has 0 amide bonds. The summed E-state index contributed by atoms with van der Waals surface area (Å²) in [7, 11) is 0. The third-order valence-corrected chi connectivity index (χ3v) is 9.49. The molecule has 0 N–H and O–H groups in total. The van der Waals surface area contributed by atoms with Gasteiger partial charge in [-0.1, -0.05) is 163 Å². The lowest BCUT2D eigenvalue weighted by Crippen LogP contribution is -1.89. The molecule has 238 valence electrons. The molecule has 0 atom stereocenters. The third-order valence-electron chi connectivity index (χ3n) is 9.49. The maximum Gasteiger partial charge on any atom is -0.0171 e. The highest BCUT2D eigenvalue weighted by Gasteiger charge is 2.11. The van der Waals surface area contributed by atoms with Crippen LogP contribution >= 0.6 is 0 Å². The van der Waals surface area contributed by atoms with E-state index in [9.17, 15) is 0 Å². The Kier molecular flexibility index (Phi) is 8.51. The average Bonchev–Trinajstić information content (AvgIpc) is 3.18. The van der Waals surface area contributed by atoms with Gasteiger partial charge in [0.05, 0.1) is 0 Å². The maximum atomic E-state index is 2.35. The van der Waals surface area contributed by atoms with Crippen LogP contribution in [0.4, 0.5) is 0 Å². The average molecular weight is 639 g/mol. The molecule has 0 fully saturated rings. The van der Waals surface area contributed by atoms with Crippen LogP contribution in [0.5, 0.6) is 0 Å². The zero-order chi connectivity index (χ0) is 33.9. The Hall–Kier alpha value is -6.24. The van der Waals surface area contributed by atoms with Crippen molar-refractivity contribution in [2.24, 2.45) is 0 Å². The summed E-state index contributed by atoms with van der Waals surface area (Å²) in [6, 6.07) is 70.8. The number of aryl methyl sites for hydroxylation is 2. The highest BCUT2D eigenvalue weighted by atomic mass is 14.2. The van der Waals surface area contributed by atoms with Crippen molar-refractivity contribution in [2.45, 2.75) is 13.8 Å². The van der Waals surface area contributed by atoms with E-state index in [1.54, 1.807) is 0 Å². The van der Waals surface area contributed by atoms with Gasteiger partial charge in [0.2, 0.25) is 0 Å². The topological polar surface area (TPSA) is 0 Å². The Morgan fingerprint density at radius 1 is 0.180 bits per heavy atom. The van der Waals surface area contributed by atoms with Gasteiger partial charge in [-0.25, -0.2) is 0 Å². The molecule has 0 nitrogen and oxygen atoms in total. The predicted octanol–water partition coefficient (Wildman–Crippen LogP) is 14.0. The van der Waals surface area contributed by atoms with Crippen molar-refractivity contribution in [3.8, 4) is 77.9 Å². The van der Waals surface area contributed by atoms with Crippen LogP contribution in [0.25, 0.3) is 77.9 Å². The molecule has 0 saturated heterocycles. The van der Waals surface area contributed by atoms with Crippen molar-refractivity contribution >= 4 is 0 Å². The van der Waals surface area contributed by atoms with Crippen LogP contribution in [0.3, 0.4) is 0 Å². The molecule has 0 unspecified atom stereocenters. The summed E-state index contributed by atoms with van der Waals surface area (Å²) in [5.41, 5.74) is 19.6. The number of hydrogen-bond donors (Lipinski definition) is 0. The normalized spacial score (nSPS) is 11.0. The lowest BCUT2D eigenvalue weighted by Gasteiger charge is -2.14. The summed E-state index contributed by atoms with van der Waals surface area (Å²) >= 11 is 0. The molecule has 8 aromatic rings. The Bertz CT molecular complexity index is 2270. The van der Waals surface area contributed by atoms with Crippen LogP contribution in [0, 0.1) is 13.8 Å². The van der Waals surface area contributed by atoms with Crippen LogP contribution < -0.4 is 0 Å². The summed E-state index contributed by atoms with van der Waals surface area (Å²) < 4.78 is 0. The maximum absolute atomic E-state index is 2.35. The molecular weight excluding hydrogens is 601 g/mol. The molecule has 8 aromatic carbocycles. The molecule has 50 heavy (non-hydrogen) atoms. The van der Waals surface area contributed by atoms with Crippen molar-refractivity contribution in [3.63, 3.8) is 0 Å². The molecule has 8 rings (SSSR count). The second-order valence-corrected chi connectivity index (χ2v) is 13.2. The van der Waals surface area contributed by atoms with E-state index in [1.165, 1.54) is 89.0 Å². The van der Waals surface area contributed by atoms with Crippen LogP contribution in [0.15, 0.2) is 194 Å². The van der Waals surface area contributed by atoms with Gasteiger partial charge < -0.3 is 0 Å². The van der Waals surface area contributed by atoms with Gasteiger partial charge in [0.1, 0.15) is 0 Å². The molecule has 0 heteroatoms. The first-order valence-electron chi connectivity index (χ1n) is 17.3. The molecule has 0 aromatic heterocycles. The van der Waals surface area contributed by atoms with Gasteiger partial charge in [-0.05, 0) is 134 Å². The highest BCUT2D eigenvalue weighted by molar-refractivity contribution is 5.85. The fourth-order valence-corrected chi connectivity index (χ4v) is 7.04. The molecule has 0 radical (unpaired) electrons. The van der Waals surface area contributed by atoms with Gasteiger partial charge >= 0.3 is 0 Å². The van der Waals surface area contributed by atoms with Gasteiger partial charge in [-0.15, -0.1) is 0 Å². The lowest BCUT2D eigenvalue weighted by atomic mass is 9.90. The minimum Gasteiger partial charge on any atom is -0.0622 e. The van der Waals surface area contributed by atoms with Gasteiger partial charge in [0.25, 0.3) is 0 Å². The van der Waals surface area contributed by atoms with E-state index in [-0.39, 0.29) is 0 Å². The zero-order valence-electron chi connectivity index (χ0n) is 28.5. The quantitative estimate of drug-likeness (QED) is 0.163. The minimum atomic E-state index is 1.20. The SMILES string of the molecule is Cc1cc(C)cc(-c2cc(-c3cccc(-c4cccc(-c5ccccc5)c4)c3)cc(-c3cccc(-c4cccc(-c5ccccc5)c4)c3)c2)c1. The van der Waals surface area contributed by atoms with Crippen molar-refractivity contribution in [2.75, 3.05) is 0 Å². The van der Waals surface area contributed by atoms with E-state index < -0.39 is 0 Å². The molecule has 0 spiro atoms. The van der Waals surface area contributed by atoms with E-state index in [2.05, 4.69) is 208 Å². The van der Waals surface area contributed by atoms with Crippen LogP contribution in [-0.4, -0.2) is 0 Å². The summed E-state index contributed by atoms with van der Waals surface area (Å²) in [5.74, 6) is 0. The number of rotatable bonds is 7. The Balaban J connectivity index is 1.22. The monoisotopic (exact) mass is 638 g/mol. The van der Waals surface area contributed by atoms with Gasteiger partial charge in [0, 0.05) is 0 Å². The summed E-state index contributed by atoms with van der Waals surface area (Å²) in [4.78, 5) is 0. The Morgan fingerprint density at radius 2 is 0.400 bits per heavy atom. The first-order valence-corrected chi connectivity index (χ1v) is 17.3. The van der Waals surface area contributed by atoms with E-state index >= 15 is 0 Å². The summed E-state index contributed by atoms with van der Waals surface area (Å²) in [5, 5.41) is 0. The zero-order valence-corrected chi connectivity index (χ0v) is 28.5.